The van der Waals surface area contributed by atoms with Crippen LogP contribution in [0.5, 0.6) is 0 Å². The summed E-state index contributed by atoms with van der Waals surface area (Å²) in [6.45, 7) is 0. The maximum atomic E-state index is 5.95. The van der Waals surface area contributed by atoms with Gasteiger partial charge in [-0.2, -0.15) is 0 Å². The zero-order chi connectivity index (χ0) is 13.2. The fourth-order valence-electron chi connectivity index (χ4n) is 2.24. The summed E-state index contributed by atoms with van der Waals surface area (Å²) in [5, 5.41) is 4.04. The molecule has 0 unspecified atom stereocenters. The van der Waals surface area contributed by atoms with Gasteiger partial charge in [-0.25, -0.2) is 0 Å². The SMILES string of the molecule is S=C1CC=C(c2ccc(Cl)cc2)c2ccccc2N1. The minimum absolute atomic E-state index is 0.750. The Labute approximate surface area is 122 Å². The number of nitrogens with one attached hydrogen (secondary N) is 1. The van der Waals surface area contributed by atoms with Gasteiger partial charge in [0.2, 0.25) is 0 Å². The van der Waals surface area contributed by atoms with E-state index >= 15 is 0 Å². The van der Waals surface area contributed by atoms with Crippen molar-refractivity contribution >= 4 is 40.1 Å². The molecule has 1 aliphatic rings. The molecule has 2 aromatic rings. The van der Waals surface area contributed by atoms with Crippen molar-refractivity contribution < 1.29 is 0 Å². The Morgan fingerprint density at radius 2 is 1.74 bits per heavy atom. The maximum Gasteiger partial charge on any atom is 0.0835 e. The Bertz CT molecular complexity index is 659. The Morgan fingerprint density at radius 1 is 1.00 bits per heavy atom. The summed E-state index contributed by atoms with van der Waals surface area (Å²) >= 11 is 11.3. The molecule has 1 nitrogen and oxygen atoms in total. The van der Waals surface area contributed by atoms with E-state index in [4.69, 9.17) is 23.8 Å². The molecule has 19 heavy (non-hydrogen) atoms. The molecule has 0 radical (unpaired) electrons. The van der Waals surface area contributed by atoms with Crippen LogP contribution in [0.1, 0.15) is 17.5 Å². The number of fused-ring (bicyclic) bond motifs is 1. The quantitative estimate of drug-likeness (QED) is 0.747. The van der Waals surface area contributed by atoms with Gasteiger partial charge in [-0.3, -0.25) is 0 Å². The number of benzene rings is 2. The molecule has 0 saturated carbocycles. The highest BCUT2D eigenvalue weighted by Crippen LogP contribution is 2.32. The second-order valence-corrected chi connectivity index (χ2v) is 5.35. The molecular weight excluding hydrogens is 274 g/mol. The summed E-state index contributed by atoms with van der Waals surface area (Å²) in [5.74, 6) is 0. The van der Waals surface area contributed by atoms with Crippen LogP contribution in [0.4, 0.5) is 5.69 Å². The predicted octanol–water partition coefficient (Wildman–Crippen LogP) is 4.91. The molecule has 0 amide bonds. The van der Waals surface area contributed by atoms with Gasteiger partial charge in [0.25, 0.3) is 0 Å². The van der Waals surface area contributed by atoms with E-state index in [0.717, 1.165) is 27.7 Å². The summed E-state index contributed by atoms with van der Waals surface area (Å²) in [6.07, 6.45) is 2.92. The van der Waals surface area contributed by atoms with Gasteiger partial charge in [-0.15, -0.1) is 0 Å². The lowest BCUT2D eigenvalue weighted by atomic mass is 9.96. The fraction of sp³-hybridized carbons (Fsp3) is 0.0625. The number of halogens is 1. The van der Waals surface area contributed by atoms with E-state index in [9.17, 15) is 0 Å². The topological polar surface area (TPSA) is 12.0 Å². The third-order valence-electron chi connectivity index (χ3n) is 3.14. The molecule has 0 saturated heterocycles. The summed E-state index contributed by atoms with van der Waals surface area (Å²) in [6, 6.07) is 16.1. The Kier molecular flexibility index (Phi) is 3.36. The van der Waals surface area contributed by atoms with Crippen molar-refractivity contribution in [2.45, 2.75) is 6.42 Å². The standard InChI is InChI=1S/C16H12ClNS/c17-12-7-5-11(6-8-12)13-9-10-16(19)18-15-4-2-1-3-14(13)15/h1-9H,10H2,(H,18,19). The van der Waals surface area contributed by atoms with Gasteiger partial charge in [0.05, 0.1) is 4.99 Å². The van der Waals surface area contributed by atoms with E-state index in [0.29, 0.717) is 0 Å². The largest absolute Gasteiger partial charge is 0.349 e. The van der Waals surface area contributed by atoms with Crippen LogP contribution in [0, 0.1) is 0 Å². The van der Waals surface area contributed by atoms with Crippen molar-refractivity contribution in [1.82, 2.24) is 0 Å². The van der Waals surface area contributed by atoms with Crippen molar-refractivity contribution in [3.63, 3.8) is 0 Å². The fourth-order valence-corrected chi connectivity index (χ4v) is 2.56. The van der Waals surface area contributed by atoms with Gasteiger partial charge >= 0.3 is 0 Å². The highest BCUT2D eigenvalue weighted by atomic mass is 35.5. The predicted molar refractivity (Wildman–Crippen MR) is 85.8 cm³/mol. The third kappa shape index (κ3) is 2.55. The molecule has 0 spiro atoms. The molecule has 2 aromatic carbocycles. The van der Waals surface area contributed by atoms with Crippen molar-refractivity contribution in [3.05, 3.63) is 70.8 Å². The summed E-state index contributed by atoms with van der Waals surface area (Å²) < 4.78 is 0. The first-order valence-electron chi connectivity index (χ1n) is 6.09. The summed E-state index contributed by atoms with van der Waals surface area (Å²) in [5.41, 5.74) is 4.58. The average molecular weight is 286 g/mol. The van der Waals surface area contributed by atoms with Crippen LogP contribution in [0.25, 0.3) is 5.57 Å². The van der Waals surface area contributed by atoms with E-state index in [1.807, 2.05) is 36.4 Å². The molecule has 0 bridgehead atoms. The maximum absolute atomic E-state index is 5.95. The van der Waals surface area contributed by atoms with Crippen LogP contribution in [-0.4, -0.2) is 4.99 Å². The van der Waals surface area contributed by atoms with Crippen LogP contribution in [0.2, 0.25) is 5.02 Å². The normalized spacial score (nSPS) is 14.2. The molecule has 0 aliphatic carbocycles. The third-order valence-corrected chi connectivity index (χ3v) is 3.66. The van der Waals surface area contributed by atoms with Gasteiger partial charge in [0.15, 0.2) is 0 Å². The van der Waals surface area contributed by atoms with E-state index in [-0.39, 0.29) is 0 Å². The number of anilines is 1. The zero-order valence-corrected chi connectivity index (χ0v) is 11.8. The van der Waals surface area contributed by atoms with Gasteiger partial charge in [-0.1, -0.05) is 60.2 Å². The van der Waals surface area contributed by atoms with Crippen molar-refractivity contribution in [2.24, 2.45) is 0 Å². The van der Waals surface area contributed by atoms with Crippen LogP contribution >= 0.6 is 23.8 Å². The molecule has 94 valence electrons. The Hall–Kier alpha value is -1.64. The minimum Gasteiger partial charge on any atom is -0.349 e. The number of thiocarbonyl (C=S) groups is 1. The molecule has 3 heteroatoms. The molecular formula is C16H12ClNS. The van der Waals surface area contributed by atoms with Gasteiger partial charge < -0.3 is 5.32 Å². The lowest BCUT2D eigenvalue weighted by molar-refractivity contribution is 1.50. The Balaban J connectivity index is 2.14. The summed E-state index contributed by atoms with van der Waals surface area (Å²) in [7, 11) is 0. The monoisotopic (exact) mass is 285 g/mol. The number of hydrogen-bond acceptors (Lipinski definition) is 1. The van der Waals surface area contributed by atoms with E-state index in [1.54, 1.807) is 0 Å². The zero-order valence-electron chi connectivity index (χ0n) is 10.2. The van der Waals surface area contributed by atoms with Crippen LogP contribution in [-0.2, 0) is 0 Å². The Morgan fingerprint density at radius 3 is 2.53 bits per heavy atom. The second-order valence-electron chi connectivity index (χ2n) is 4.42. The van der Waals surface area contributed by atoms with Gasteiger partial charge in [0.1, 0.15) is 0 Å². The number of para-hydroxylation sites is 1. The molecule has 1 aliphatic heterocycles. The number of rotatable bonds is 1. The van der Waals surface area contributed by atoms with E-state index in [2.05, 4.69) is 23.5 Å². The van der Waals surface area contributed by atoms with E-state index in [1.165, 1.54) is 11.1 Å². The van der Waals surface area contributed by atoms with Crippen LogP contribution in [0.15, 0.2) is 54.6 Å². The second kappa shape index (κ2) is 5.16. The molecule has 0 aromatic heterocycles. The smallest absolute Gasteiger partial charge is 0.0835 e. The van der Waals surface area contributed by atoms with Gasteiger partial charge in [-0.05, 0) is 29.3 Å². The lowest BCUT2D eigenvalue weighted by Crippen LogP contribution is -2.06. The molecule has 0 fully saturated rings. The molecule has 3 rings (SSSR count). The van der Waals surface area contributed by atoms with Crippen LogP contribution in [0.3, 0.4) is 0 Å². The first-order chi connectivity index (χ1) is 9.24. The number of hydrogen-bond donors (Lipinski definition) is 1. The molecule has 1 N–H and O–H groups in total. The lowest BCUT2D eigenvalue weighted by Gasteiger charge is -2.11. The average Bonchev–Trinajstić information content (AvgIpc) is 2.58. The molecule has 1 heterocycles. The first kappa shape index (κ1) is 12.4. The molecule has 0 atom stereocenters. The highest BCUT2D eigenvalue weighted by molar-refractivity contribution is 7.80. The van der Waals surface area contributed by atoms with Crippen LogP contribution < -0.4 is 5.32 Å². The van der Waals surface area contributed by atoms with E-state index < -0.39 is 0 Å². The van der Waals surface area contributed by atoms with Gasteiger partial charge in [0, 0.05) is 22.7 Å². The summed E-state index contributed by atoms with van der Waals surface area (Å²) in [4.78, 5) is 0.844. The van der Waals surface area contributed by atoms with Crippen molar-refractivity contribution in [1.29, 1.82) is 0 Å². The first-order valence-corrected chi connectivity index (χ1v) is 6.88. The highest BCUT2D eigenvalue weighted by Gasteiger charge is 2.14. The van der Waals surface area contributed by atoms with Crippen molar-refractivity contribution in [2.75, 3.05) is 5.32 Å². The minimum atomic E-state index is 0.750. The van der Waals surface area contributed by atoms with Crippen molar-refractivity contribution in [3.8, 4) is 0 Å².